The van der Waals surface area contributed by atoms with E-state index >= 15 is 0 Å². The van der Waals surface area contributed by atoms with Crippen molar-refractivity contribution in [3.63, 3.8) is 0 Å². The molecule has 0 bridgehead atoms. The lowest BCUT2D eigenvalue weighted by atomic mass is 10.0. The second kappa shape index (κ2) is 10.2. The Kier molecular flexibility index (Phi) is 7.46. The molecule has 2 aromatic rings. The molecule has 3 rings (SSSR count). The molecule has 2 aromatic carbocycles. The molecule has 0 spiro atoms. The van der Waals surface area contributed by atoms with Crippen LogP contribution < -0.4 is 11.1 Å². The molecule has 158 valence electrons. The first-order valence-electron chi connectivity index (χ1n) is 9.75. The maximum Gasteiger partial charge on any atom is 0.410 e. The standard InChI is InChI=1S/C22H24BrN3O4/c23-17-9-4-8-16(12-17)13-18(20(24)27)25-21(28)19-10-5-11-26(19)22(29)30-14-15-6-2-1-3-7-15/h1-4,6-9,12,18-19H,5,10-11,13-14H2,(H2,24,27)(H,25,28)/t18-,19+/m0/s1. The van der Waals surface area contributed by atoms with Crippen LogP contribution in [0.15, 0.2) is 59.1 Å². The number of nitrogens with zero attached hydrogens (tertiary/aromatic N) is 1. The van der Waals surface area contributed by atoms with E-state index in [0.717, 1.165) is 15.6 Å². The molecular weight excluding hydrogens is 450 g/mol. The molecule has 0 aliphatic carbocycles. The van der Waals surface area contributed by atoms with E-state index in [1.54, 1.807) is 0 Å². The summed E-state index contributed by atoms with van der Waals surface area (Å²) in [4.78, 5) is 38.7. The van der Waals surface area contributed by atoms with Gasteiger partial charge in [-0.15, -0.1) is 0 Å². The summed E-state index contributed by atoms with van der Waals surface area (Å²) in [6, 6.07) is 15.2. The van der Waals surface area contributed by atoms with E-state index in [2.05, 4.69) is 21.2 Å². The van der Waals surface area contributed by atoms with Crippen LogP contribution in [0.5, 0.6) is 0 Å². The first-order valence-corrected chi connectivity index (χ1v) is 10.5. The van der Waals surface area contributed by atoms with Crippen LogP contribution in [0.3, 0.4) is 0 Å². The minimum atomic E-state index is -0.866. The summed E-state index contributed by atoms with van der Waals surface area (Å²) in [6.45, 7) is 0.565. The summed E-state index contributed by atoms with van der Waals surface area (Å²) in [6.07, 6.45) is 0.922. The first kappa shape index (κ1) is 21.8. The molecule has 0 saturated carbocycles. The summed E-state index contributed by atoms with van der Waals surface area (Å²) < 4.78 is 6.24. The highest BCUT2D eigenvalue weighted by molar-refractivity contribution is 9.10. The highest BCUT2D eigenvalue weighted by Crippen LogP contribution is 2.20. The average Bonchev–Trinajstić information content (AvgIpc) is 3.22. The Labute approximate surface area is 183 Å². The topological polar surface area (TPSA) is 102 Å². The van der Waals surface area contributed by atoms with Crippen molar-refractivity contribution in [3.8, 4) is 0 Å². The van der Waals surface area contributed by atoms with Crippen LogP contribution >= 0.6 is 15.9 Å². The van der Waals surface area contributed by atoms with Crippen LogP contribution in [-0.2, 0) is 27.4 Å². The van der Waals surface area contributed by atoms with E-state index in [4.69, 9.17) is 10.5 Å². The zero-order valence-electron chi connectivity index (χ0n) is 16.4. The summed E-state index contributed by atoms with van der Waals surface area (Å²) in [7, 11) is 0. The number of ether oxygens (including phenoxy) is 1. The number of hydrogen-bond acceptors (Lipinski definition) is 4. The Morgan fingerprint density at radius 2 is 1.87 bits per heavy atom. The predicted octanol–water partition coefficient (Wildman–Crippen LogP) is 2.76. The number of benzene rings is 2. The van der Waals surface area contributed by atoms with Gasteiger partial charge in [0.05, 0.1) is 0 Å². The number of carbonyl (C=O) groups is 3. The third-order valence-corrected chi connectivity index (χ3v) is 5.48. The van der Waals surface area contributed by atoms with Gasteiger partial charge >= 0.3 is 6.09 Å². The van der Waals surface area contributed by atoms with Crippen molar-refractivity contribution >= 4 is 33.8 Å². The lowest BCUT2D eigenvalue weighted by Gasteiger charge is -2.25. The van der Waals surface area contributed by atoms with E-state index in [0.29, 0.717) is 19.4 Å². The zero-order chi connectivity index (χ0) is 21.5. The molecule has 2 atom stereocenters. The first-order chi connectivity index (χ1) is 14.4. The number of nitrogens with two attached hydrogens (primary N) is 1. The Bertz CT molecular complexity index is 906. The molecule has 7 nitrogen and oxygen atoms in total. The summed E-state index contributed by atoms with van der Waals surface area (Å²) in [5, 5.41) is 2.71. The molecule has 0 aromatic heterocycles. The van der Waals surface area contributed by atoms with E-state index < -0.39 is 30.0 Å². The molecule has 0 unspecified atom stereocenters. The fourth-order valence-corrected chi connectivity index (χ4v) is 3.90. The maximum atomic E-state index is 12.8. The Morgan fingerprint density at radius 1 is 1.13 bits per heavy atom. The number of hydrogen-bond donors (Lipinski definition) is 2. The van der Waals surface area contributed by atoms with Gasteiger partial charge in [0.2, 0.25) is 11.8 Å². The molecular formula is C22H24BrN3O4. The SMILES string of the molecule is NC(=O)[C@H](Cc1cccc(Br)c1)NC(=O)[C@H]1CCCN1C(=O)OCc1ccccc1. The Balaban J connectivity index is 1.60. The fourth-order valence-electron chi connectivity index (χ4n) is 3.45. The molecule has 1 heterocycles. The number of carbonyl (C=O) groups excluding carboxylic acids is 3. The lowest BCUT2D eigenvalue weighted by molar-refractivity contribution is -0.130. The number of amides is 3. The minimum absolute atomic E-state index is 0.136. The monoisotopic (exact) mass is 473 g/mol. The molecule has 3 amide bonds. The molecule has 1 aliphatic heterocycles. The minimum Gasteiger partial charge on any atom is -0.445 e. The molecule has 1 aliphatic rings. The van der Waals surface area contributed by atoms with Gasteiger partial charge in [-0.2, -0.15) is 0 Å². The molecule has 30 heavy (non-hydrogen) atoms. The van der Waals surface area contributed by atoms with Gasteiger partial charge in [-0.3, -0.25) is 14.5 Å². The zero-order valence-corrected chi connectivity index (χ0v) is 18.0. The Morgan fingerprint density at radius 3 is 2.57 bits per heavy atom. The third-order valence-electron chi connectivity index (χ3n) is 4.98. The van der Waals surface area contributed by atoms with Gasteiger partial charge in [-0.25, -0.2) is 4.79 Å². The van der Waals surface area contributed by atoms with E-state index in [1.165, 1.54) is 4.90 Å². The van der Waals surface area contributed by atoms with E-state index in [-0.39, 0.29) is 13.0 Å². The highest BCUT2D eigenvalue weighted by atomic mass is 79.9. The number of likely N-dealkylation sites (tertiary alicyclic amines) is 1. The lowest BCUT2D eigenvalue weighted by Crippen LogP contribution is -2.53. The highest BCUT2D eigenvalue weighted by Gasteiger charge is 2.36. The van der Waals surface area contributed by atoms with Crippen LogP contribution in [0.2, 0.25) is 0 Å². The fraction of sp³-hybridized carbons (Fsp3) is 0.318. The smallest absolute Gasteiger partial charge is 0.410 e. The van der Waals surface area contributed by atoms with Crippen molar-refractivity contribution in [2.45, 2.75) is 38.0 Å². The second-order valence-corrected chi connectivity index (χ2v) is 8.10. The van der Waals surface area contributed by atoms with Gasteiger partial charge < -0.3 is 15.8 Å². The number of nitrogens with one attached hydrogen (secondary N) is 1. The van der Waals surface area contributed by atoms with E-state index in [9.17, 15) is 14.4 Å². The van der Waals surface area contributed by atoms with Crippen LogP contribution in [0.1, 0.15) is 24.0 Å². The maximum absolute atomic E-state index is 12.8. The van der Waals surface area contributed by atoms with Gasteiger partial charge in [0.1, 0.15) is 18.7 Å². The van der Waals surface area contributed by atoms with Gasteiger partial charge in [0.15, 0.2) is 0 Å². The van der Waals surface area contributed by atoms with Crippen molar-refractivity contribution in [3.05, 3.63) is 70.2 Å². The molecule has 1 fully saturated rings. The molecule has 1 saturated heterocycles. The second-order valence-electron chi connectivity index (χ2n) is 7.19. The van der Waals surface area contributed by atoms with E-state index in [1.807, 2.05) is 54.6 Å². The predicted molar refractivity (Wildman–Crippen MR) is 115 cm³/mol. The van der Waals surface area contributed by atoms with Crippen LogP contribution in [0.25, 0.3) is 0 Å². The van der Waals surface area contributed by atoms with Gasteiger partial charge in [0.25, 0.3) is 0 Å². The quantitative estimate of drug-likeness (QED) is 0.645. The third kappa shape index (κ3) is 5.82. The van der Waals surface area contributed by atoms with Gasteiger partial charge in [-0.1, -0.05) is 58.4 Å². The number of primary amides is 1. The Hall–Kier alpha value is -2.87. The summed E-state index contributed by atoms with van der Waals surface area (Å²) in [5.41, 5.74) is 7.24. The van der Waals surface area contributed by atoms with Crippen molar-refractivity contribution < 1.29 is 19.1 Å². The number of halogens is 1. The summed E-state index contributed by atoms with van der Waals surface area (Å²) >= 11 is 3.39. The largest absolute Gasteiger partial charge is 0.445 e. The van der Waals surface area contributed by atoms with Crippen LogP contribution in [0.4, 0.5) is 4.79 Å². The summed E-state index contributed by atoms with van der Waals surface area (Å²) in [5.74, 6) is -1.03. The molecule has 3 N–H and O–H groups in total. The van der Waals surface area contributed by atoms with Crippen molar-refractivity contribution in [2.24, 2.45) is 5.73 Å². The number of rotatable bonds is 7. The van der Waals surface area contributed by atoms with Gasteiger partial charge in [-0.05, 0) is 36.1 Å². The normalized spacial score (nSPS) is 16.7. The van der Waals surface area contributed by atoms with Crippen molar-refractivity contribution in [1.82, 2.24) is 10.2 Å². The van der Waals surface area contributed by atoms with Crippen molar-refractivity contribution in [2.75, 3.05) is 6.54 Å². The molecule has 8 heteroatoms. The van der Waals surface area contributed by atoms with Crippen LogP contribution in [-0.4, -0.2) is 41.4 Å². The molecule has 0 radical (unpaired) electrons. The van der Waals surface area contributed by atoms with Crippen molar-refractivity contribution in [1.29, 1.82) is 0 Å². The van der Waals surface area contributed by atoms with Crippen LogP contribution in [0, 0.1) is 0 Å². The van der Waals surface area contributed by atoms with Gasteiger partial charge in [0, 0.05) is 17.4 Å². The average molecular weight is 474 g/mol.